The largest absolute Gasteiger partial charge is 0.504 e. The highest BCUT2D eigenvalue weighted by Gasteiger charge is 2.74. The highest BCUT2D eigenvalue weighted by molar-refractivity contribution is 5.34. The molecule has 0 atom stereocenters. The topological polar surface area (TPSA) is 20.2 Å². The lowest BCUT2D eigenvalue weighted by molar-refractivity contribution is -0.225. The second-order valence-corrected chi connectivity index (χ2v) is 1.81. The molecule has 0 saturated heterocycles. The van der Waals surface area contributed by atoms with Crippen molar-refractivity contribution in [1.82, 2.24) is 0 Å². The van der Waals surface area contributed by atoms with Crippen molar-refractivity contribution in [3.8, 4) is 0 Å². The van der Waals surface area contributed by atoms with E-state index >= 15 is 0 Å². The van der Waals surface area contributed by atoms with Gasteiger partial charge in [-0.15, -0.1) is 0 Å². The van der Waals surface area contributed by atoms with E-state index < -0.39 is 23.4 Å². The molecule has 10 heavy (non-hydrogen) atoms. The Morgan fingerprint density at radius 3 is 1.50 bits per heavy atom. The molecule has 58 valence electrons. The number of allylic oxidation sites excluding steroid dienone is 2. The quantitative estimate of drug-likeness (QED) is 0.537. The zero-order chi connectivity index (χ0) is 8.15. The van der Waals surface area contributed by atoms with Crippen molar-refractivity contribution >= 4 is 0 Å². The van der Waals surface area contributed by atoms with Gasteiger partial charge in [0.2, 0.25) is 11.6 Å². The van der Waals surface area contributed by atoms with Crippen LogP contribution in [0.25, 0.3) is 0 Å². The molecular weight excluding hydrogens is 159 g/mol. The maximum Gasteiger partial charge on any atom is 0.375 e. The summed E-state index contributed by atoms with van der Waals surface area (Å²) < 4.78 is 58.1. The van der Waals surface area contributed by atoms with Crippen LogP contribution in [0.1, 0.15) is 0 Å². The summed E-state index contributed by atoms with van der Waals surface area (Å²) in [6, 6.07) is 0. The van der Waals surface area contributed by atoms with E-state index in [4.69, 9.17) is 5.11 Å². The molecule has 0 bridgehead atoms. The van der Waals surface area contributed by atoms with Gasteiger partial charge in [-0.3, -0.25) is 0 Å². The fourth-order valence-corrected chi connectivity index (χ4v) is 0.511. The van der Waals surface area contributed by atoms with E-state index in [1.54, 1.807) is 0 Å². The van der Waals surface area contributed by atoms with Gasteiger partial charge < -0.3 is 5.11 Å². The standard InChI is InChI=1S/C4HF5O/c5-1-2(10)4(8,9)3(1,6)7/h10H. The Balaban J connectivity index is 3.10. The summed E-state index contributed by atoms with van der Waals surface area (Å²) in [6.07, 6.45) is 0. The normalized spacial score (nSPS) is 28.1. The third-order valence-corrected chi connectivity index (χ3v) is 1.18. The number of rotatable bonds is 0. The summed E-state index contributed by atoms with van der Waals surface area (Å²) in [5.41, 5.74) is 0. The Bertz CT molecular complexity index is 184. The van der Waals surface area contributed by atoms with Gasteiger partial charge in [0.05, 0.1) is 0 Å². The Kier molecular flexibility index (Phi) is 1.05. The second kappa shape index (κ2) is 1.43. The number of alkyl halides is 4. The third-order valence-electron chi connectivity index (χ3n) is 1.18. The van der Waals surface area contributed by atoms with Gasteiger partial charge in [0.15, 0.2) is 0 Å². The van der Waals surface area contributed by atoms with Crippen molar-refractivity contribution in [3.63, 3.8) is 0 Å². The maximum atomic E-state index is 11.7. The lowest BCUT2D eigenvalue weighted by Crippen LogP contribution is -2.52. The van der Waals surface area contributed by atoms with E-state index in [0.29, 0.717) is 0 Å². The van der Waals surface area contributed by atoms with Gasteiger partial charge in [-0.2, -0.15) is 17.6 Å². The zero-order valence-corrected chi connectivity index (χ0v) is 4.34. The van der Waals surface area contributed by atoms with Crippen LogP contribution in [-0.2, 0) is 0 Å². The van der Waals surface area contributed by atoms with Crippen LogP contribution in [0, 0.1) is 0 Å². The molecule has 6 heteroatoms. The minimum Gasteiger partial charge on any atom is -0.504 e. The monoisotopic (exact) mass is 160 g/mol. The fourth-order valence-electron chi connectivity index (χ4n) is 0.511. The van der Waals surface area contributed by atoms with Crippen LogP contribution in [0.2, 0.25) is 0 Å². The van der Waals surface area contributed by atoms with Gasteiger partial charge in [-0.25, -0.2) is 4.39 Å². The molecule has 0 aliphatic heterocycles. The van der Waals surface area contributed by atoms with Gasteiger partial charge in [-0.05, 0) is 0 Å². The second-order valence-electron chi connectivity index (χ2n) is 1.81. The van der Waals surface area contributed by atoms with E-state index in [9.17, 15) is 22.0 Å². The van der Waals surface area contributed by atoms with Crippen LogP contribution in [0.3, 0.4) is 0 Å². The van der Waals surface area contributed by atoms with E-state index in [-0.39, 0.29) is 0 Å². The van der Waals surface area contributed by atoms with Crippen LogP contribution in [0.5, 0.6) is 0 Å². The minimum absolute atomic E-state index is 2.17. The molecule has 0 amide bonds. The smallest absolute Gasteiger partial charge is 0.375 e. The summed E-state index contributed by atoms with van der Waals surface area (Å²) >= 11 is 0. The number of aliphatic hydroxyl groups is 1. The van der Waals surface area contributed by atoms with Crippen molar-refractivity contribution < 1.29 is 27.1 Å². The first-order valence-electron chi connectivity index (χ1n) is 2.17. The van der Waals surface area contributed by atoms with Gasteiger partial charge in [-0.1, -0.05) is 0 Å². The SMILES string of the molecule is OC1=C(F)C(F)(F)C1(F)F. The van der Waals surface area contributed by atoms with Gasteiger partial charge in [0.1, 0.15) is 0 Å². The van der Waals surface area contributed by atoms with E-state index in [2.05, 4.69) is 0 Å². The summed E-state index contributed by atoms with van der Waals surface area (Å²) in [7, 11) is 0. The van der Waals surface area contributed by atoms with Gasteiger partial charge in [0.25, 0.3) is 0 Å². The molecule has 1 rings (SSSR count). The summed E-state index contributed by atoms with van der Waals surface area (Å²) in [5, 5.41) is 7.85. The van der Waals surface area contributed by atoms with Crippen LogP contribution >= 0.6 is 0 Å². The number of hydrogen-bond acceptors (Lipinski definition) is 1. The summed E-state index contributed by atoms with van der Waals surface area (Å²) in [6.45, 7) is 0. The predicted molar refractivity (Wildman–Crippen MR) is 20.7 cm³/mol. The first kappa shape index (κ1) is 7.30. The first-order chi connectivity index (χ1) is 4.32. The molecule has 0 aromatic heterocycles. The number of aliphatic hydroxyl groups excluding tert-OH is 1. The maximum absolute atomic E-state index is 11.7. The zero-order valence-electron chi connectivity index (χ0n) is 4.34. The molecule has 0 saturated carbocycles. The van der Waals surface area contributed by atoms with E-state index in [1.807, 2.05) is 0 Å². The van der Waals surface area contributed by atoms with Crippen LogP contribution in [0.15, 0.2) is 11.6 Å². The molecule has 0 aromatic rings. The van der Waals surface area contributed by atoms with Gasteiger partial charge >= 0.3 is 11.8 Å². The molecule has 0 radical (unpaired) electrons. The fraction of sp³-hybridized carbons (Fsp3) is 0.500. The summed E-state index contributed by atoms with van der Waals surface area (Å²) in [4.78, 5) is 0. The molecule has 1 nitrogen and oxygen atoms in total. The Hall–Kier alpha value is -0.810. The van der Waals surface area contributed by atoms with Crippen molar-refractivity contribution in [2.45, 2.75) is 11.8 Å². The third kappa shape index (κ3) is 0.471. The van der Waals surface area contributed by atoms with E-state index in [1.165, 1.54) is 0 Å². The average molecular weight is 160 g/mol. The van der Waals surface area contributed by atoms with Crippen molar-refractivity contribution in [2.75, 3.05) is 0 Å². The van der Waals surface area contributed by atoms with Crippen LogP contribution in [0.4, 0.5) is 22.0 Å². The molecular formula is C4HF5O. The Morgan fingerprint density at radius 2 is 1.40 bits per heavy atom. The van der Waals surface area contributed by atoms with Crippen molar-refractivity contribution in [3.05, 3.63) is 11.6 Å². The molecule has 1 aliphatic carbocycles. The molecule has 0 aromatic carbocycles. The predicted octanol–water partition coefficient (Wildman–Crippen LogP) is 2.01. The molecule has 0 spiro atoms. The Labute approximate surface area is 51.8 Å². The van der Waals surface area contributed by atoms with Crippen molar-refractivity contribution in [2.24, 2.45) is 0 Å². The summed E-state index contributed by atoms with van der Waals surface area (Å²) in [5.74, 6) is -14.2. The molecule has 0 fully saturated rings. The van der Waals surface area contributed by atoms with Crippen LogP contribution in [-0.4, -0.2) is 17.0 Å². The average Bonchev–Trinajstić information content (AvgIpc) is 1.84. The number of halogens is 5. The van der Waals surface area contributed by atoms with Gasteiger partial charge in [0, 0.05) is 0 Å². The van der Waals surface area contributed by atoms with Crippen molar-refractivity contribution in [1.29, 1.82) is 0 Å². The molecule has 1 N–H and O–H groups in total. The van der Waals surface area contributed by atoms with Crippen LogP contribution < -0.4 is 0 Å². The first-order valence-corrected chi connectivity index (χ1v) is 2.17. The Morgan fingerprint density at radius 1 is 1.00 bits per heavy atom. The highest BCUT2D eigenvalue weighted by Crippen LogP contribution is 2.54. The lowest BCUT2D eigenvalue weighted by atomic mass is 9.96. The van der Waals surface area contributed by atoms with E-state index in [0.717, 1.165) is 0 Å². The lowest BCUT2D eigenvalue weighted by Gasteiger charge is -2.32. The number of hydrogen-bond donors (Lipinski definition) is 1. The highest BCUT2D eigenvalue weighted by atomic mass is 19.3. The molecule has 0 heterocycles. The minimum atomic E-state index is -4.82. The molecule has 1 aliphatic rings. The molecule has 0 unspecified atom stereocenters.